The molecule has 4 nitrogen and oxygen atoms in total. The van der Waals surface area contributed by atoms with Gasteiger partial charge in [0.2, 0.25) is 0 Å². The second-order valence-corrected chi connectivity index (χ2v) is 8.43. The van der Waals surface area contributed by atoms with Gasteiger partial charge in [-0.05, 0) is 44.1 Å². The number of likely N-dealkylation sites (N-methyl/N-ethyl adjacent to an activating group) is 1. The molecule has 0 spiro atoms. The maximum absolute atomic E-state index is 10.2. The van der Waals surface area contributed by atoms with Crippen molar-refractivity contribution in [3.8, 4) is 0 Å². The van der Waals surface area contributed by atoms with Crippen molar-refractivity contribution in [2.45, 2.75) is 58.7 Å². The summed E-state index contributed by atoms with van der Waals surface area (Å²) in [7, 11) is 2.16. The fourth-order valence-corrected chi connectivity index (χ4v) is 3.72. The van der Waals surface area contributed by atoms with Gasteiger partial charge in [-0.1, -0.05) is 20.8 Å². The fourth-order valence-electron chi connectivity index (χ4n) is 3.72. The number of hydrogen-bond acceptors (Lipinski definition) is 4. The first-order valence-corrected chi connectivity index (χ1v) is 9.05. The van der Waals surface area contributed by atoms with Crippen LogP contribution in [0.2, 0.25) is 0 Å². The first-order valence-electron chi connectivity index (χ1n) is 9.05. The molecule has 0 aromatic rings. The predicted octanol–water partition coefficient (Wildman–Crippen LogP) is 2.22. The van der Waals surface area contributed by atoms with Gasteiger partial charge >= 0.3 is 0 Å². The molecule has 1 atom stereocenters. The summed E-state index contributed by atoms with van der Waals surface area (Å²) < 4.78 is 5.98. The third kappa shape index (κ3) is 5.80. The Kier molecular flexibility index (Phi) is 6.69. The Labute approximate surface area is 136 Å². The minimum absolute atomic E-state index is 0.344. The molecule has 0 bridgehead atoms. The molecule has 2 aliphatic rings. The topological polar surface area (TPSA) is 35.9 Å². The normalized spacial score (nSPS) is 30.4. The van der Waals surface area contributed by atoms with Gasteiger partial charge in [0.15, 0.2) is 0 Å². The van der Waals surface area contributed by atoms with Crippen LogP contribution in [0.1, 0.15) is 46.5 Å². The second kappa shape index (κ2) is 8.09. The van der Waals surface area contributed by atoms with E-state index in [1.54, 1.807) is 0 Å². The molecule has 1 saturated carbocycles. The summed E-state index contributed by atoms with van der Waals surface area (Å²) in [6.07, 6.45) is 4.86. The minimum Gasteiger partial charge on any atom is -0.389 e. The van der Waals surface area contributed by atoms with E-state index >= 15 is 0 Å². The number of β-amino-alcohol motifs (C(OH)–C–C–N with tert-alkyl or cyclic N) is 1. The average Bonchev–Trinajstić information content (AvgIpc) is 2.47. The van der Waals surface area contributed by atoms with Crippen LogP contribution in [0.5, 0.6) is 0 Å². The lowest BCUT2D eigenvalue weighted by Crippen LogP contribution is -2.47. The van der Waals surface area contributed by atoms with Crippen molar-refractivity contribution in [1.82, 2.24) is 9.80 Å². The summed E-state index contributed by atoms with van der Waals surface area (Å²) in [6.45, 7) is 12.6. The lowest BCUT2D eigenvalue weighted by atomic mass is 9.72. The van der Waals surface area contributed by atoms with Gasteiger partial charge in [-0.25, -0.2) is 0 Å². The van der Waals surface area contributed by atoms with Crippen LogP contribution in [0.3, 0.4) is 0 Å². The van der Waals surface area contributed by atoms with E-state index in [4.69, 9.17) is 4.74 Å². The molecule has 1 saturated heterocycles. The number of hydrogen-bond donors (Lipinski definition) is 1. The van der Waals surface area contributed by atoms with Crippen LogP contribution in [-0.2, 0) is 4.74 Å². The van der Waals surface area contributed by atoms with Crippen LogP contribution in [0.4, 0.5) is 0 Å². The Morgan fingerprint density at radius 2 is 1.64 bits per heavy atom. The van der Waals surface area contributed by atoms with E-state index in [-0.39, 0.29) is 6.10 Å². The molecule has 1 aliphatic carbocycles. The monoisotopic (exact) mass is 312 g/mol. The van der Waals surface area contributed by atoms with Gasteiger partial charge in [0.25, 0.3) is 0 Å². The zero-order chi connectivity index (χ0) is 16.2. The first-order chi connectivity index (χ1) is 10.3. The van der Waals surface area contributed by atoms with E-state index in [1.807, 2.05) is 0 Å². The quantitative estimate of drug-likeness (QED) is 0.844. The number of rotatable bonds is 5. The van der Waals surface area contributed by atoms with E-state index in [9.17, 15) is 5.11 Å². The summed E-state index contributed by atoms with van der Waals surface area (Å²) in [6, 6.07) is 0. The second-order valence-electron chi connectivity index (χ2n) is 8.43. The van der Waals surface area contributed by atoms with E-state index in [0.29, 0.717) is 18.1 Å². The van der Waals surface area contributed by atoms with Crippen molar-refractivity contribution >= 4 is 0 Å². The highest BCUT2D eigenvalue weighted by Crippen LogP contribution is 2.38. The van der Waals surface area contributed by atoms with Gasteiger partial charge in [0, 0.05) is 32.7 Å². The first kappa shape index (κ1) is 18.2. The smallest absolute Gasteiger partial charge is 0.0900 e. The molecule has 0 amide bonds. The fraction of sp³-hybridized carbons (Fsp3) is 1.00. The maximum Gasteiger partial charge on any atom is 0.0900 e. The van der Waals surface area contributed by atoms with Gasteiger partial charge in [-0.3, -0.25) is 4.90 Å². The van der Waals surface area contributed by atoms with Crippen LogP contribution < -0.4 is 0 Å². The van der Waals surface area contributed by atoms with Crippen molar-refractivity contribution in [1.29, 1.82) is 0 Å². The van der Waals surface area contributed by atoms with Crippen LogP contribution in [0.25, 0.3) is 0 Å². The molecule has 1 aliphatic heterocycles. The van der Waals surface area contributed by atoms with Crippen molar-refractivity contribution in [3.05, 3.63) is 0 Å². The molecule has 22 heavy (non-hydrogen) atoms. The lowest BCUT2D eigenvalue weighted by Gasteiger charge is -2.37. The van der Waals surface area contributed by atoms with Gasteiger partial charge < -0.3 is 14.7 Å². The lowest BCUT2D eigenvalue weighted by molar-refractivity contribution is -0.0467. The maximum atomic E-state index is 10.2. The van der Waals surface area contributed by atoms with Crippen LogP contribution >= 0.6 is 0 Å². The largest absolute Gasteiger partial charge is 0.389 e. The highest BCUT2D eigenvalue weighted by Gasteiger charge is 2.30. The van der Waals surface area contributed by atoms with Crippen LogP contribution in [-0.4, -0.2) is 73.5 Å². The molecule has 4 heteroatoms. The minimum atomic E-state index is -0.344. The van der Waals surface area contributed by atoms with E-state index in [2.05, 4.69) is 37.6 Å². The molecular weight excluding hydrogens is 276 g/mol. The molecule has 2 rings (SSSR count). The molecule has 2 fully saturated rings. The van der Waals surface area contributed by atoms with Crippen molar-refractivity contribution in [2.75, 3.05) is 46.4 Å². The van der Waals surface area contributed by atoms with Crippen LogP contribution in [0.15, 0.2) is 0 Å². The summed E-state index contributed by atoms with van der Waals surface area (Å²) in [4.78, 5) is 4.69. The van der Waals surface area contributed by atoms with E-state index < -0.39 is 0 Å². The molecule has 0 aromatic carbocycles. The molecule has 0 unspecified atom stereocenters. The van der Waals surface area contributed by atoms with Gasteiger partial charge in [-0.15, -0.1) is 0 Å². The highest BCUT2D eigenvalue weighted by atomic mass is 16.5. The van der Waals surface area contributed by atoms with Gasteiger partial charge in [0.05, 0.1) is 18.8 Å². The number of ether oxygens (including phenoxy) is 1. The molecule has 0 radical (unpaired) electrons. The molecule has 1 N–H and O–H groups in total. The Hall–Kier alpha value is -0.160. The van der Waals surface area contributed by atoms with Crippen molar-refractivity contribution in [2.24, 2.45) is 11.3 Å². The van der Waals surface area contributed by atoms with Crippen molar-refractivity contribution < 1.29 is 9.84 Å². The van der Waals surface area contributed by atoms with Crippen LogP contribution in [0, 0.1) is 11.3 Å². The molecule has 0 aromatic heterocycles. The Bertz CT molecular complexity index is 314. The number of aliphatic hydroxyl groups is 1. The predicted molar refractivity (Wildman–Crippen MR) is 91.1 cm³/mol. The number of nitrogens with zero attached hydrogens (tertiary/aromatic N) is 2. The van der Waals surface area contributed by atoms with E-state index in [1.165, 1.54) is 12.8 Å². The summed E-state index contributed by atoms with van der Waals surface area (Å²) in [5.41, 5.74) is 0.423. The third-order valence-electron chi connectivity index (χ3n) is 5.49. The third-order valence-corrected chi connectivity index (χ3v) is 5.49. The summed E-state index contributed by atoms with van der Waals surface area (Å²) >= 11 is 0. The average molecular weight is 312 g/mol. The SMILES string of the molecule is CN1CCN(C[C@@H](O)COC2CCC(C(C)(C)C)CC2)CC1. The molecule has 130 valence electrons. The van der Waals surface area contributed by atoms with E-state index in [0.717, 1.165) is 51.5 Å². The zero-order valence-electron chi connectivity index (χ0n) is 15.1. The Morgan fingerprint density at radius 3 is 2.18 bits per heavy atom. The van der Waals surface area contributed by atoms with Gasteiger partial charge in [0.1, 0.15) is 0 Å². The summed E-state index contributed by atoms with van der Waals surface area (Å²) in [5, 5.41) is 10.2. The van der Waals surface area contributed by atoms with Gasteiger partial charge in [-0.2, -0.15) is 0 Å². The molecular formula is C18H36N2O2. The summed E-state index contributed by atoms with van der Waals surface area (Å²) in [5.74, 6) is 0.822. The number of aliphatic hydroxyl groups excluding tert-OH is 1. The Morgan fingerprint density at radius 1 is 1.05 bits per heavy atom. The molecule has 1 heterocycles. The van der Waals surface area contributed by atoms with Crippen molar-refractivity contribution in [3.63, 3.8) is 0 Å². The highest BCUT2D eigenvalue weighted by molar-refractivity contribution is 4.81. The zero-order valence-corrected chi connectivity index (χ0v) is 15.1. The standard InChI is InChI=1S/C18H36N2O2/c1-18(2,3)15-5-7-17(8-6-15)22-14-16(21)13-20-11-9-19(4)10-12-20/h15-17,21H,5-14H2,1-4H3/t15?,16-,17?/m1/s1. The Balaban J connectivity index is 1.60. The number of piperazine rings is 1.